The van der Waals surface area contributed by atoms with Gasteiger partial charge in [0.2, 0.25) is 5.91 Å². The van der Waals surface area contributed by atoms with Gasteiger partial charge in [-0.15, -0.1) is 0 Å². The molecule has 1 aliphatic rings. The summed E-state index contributed by atoms with van der Waals surface area (Å²) in [5.41, 5.74) is 5.47. The monoisotopic (exact) mass is 286 g/mol. The van der Waals surface area contributed by atoms with Gasteiger partial charge in [-0.2, -0.15) is 11.8 Å². The number of amides is 1. The molecule has 2 N–H and O–H groups in total. The summed E-state index contributed by atoms with van der Waals surface area (Å²) in [6.45, 7) is 4.93. The van der Waals surface area contributed by atoms with Crippen LogP contribution in [0.15, 0.2) is 0 Å². The zero-order valence-corrected chi connectivity index (χ0v) is 13.2. The molecule has 1 unspecified atom stereocenters. The van der Waals surface area contributed by atoms with Gasteiger partial charge in [0, 0.05) is 24.8 Å². The van der Waals surface area contributed by atoms with Crippen molar-refractivity contribution in [1.82, 2.24) is 4.90 Å². The molecule has 0 aromatic rings. The molecule has 0 spiro atoms. The van der Waals surface area contributed by atoms with Crippen LogP contribution in [0.2, 0.25) is 0 Å². The van der Waals surface area contributed by atoms with E-state index < -0.39 is 0 Å². The number of nitrogens with zero attached hydrogens (tertiary/aromatic N) is 1. The lowest BCUT2D eigenvalue weighted by Gasteiger charge is -2.24. The molecular weight excluding hydrogens is 256 g/mol. The molecule has 1 saturated heterocycles. The first-order valence-electron chi connectivity index (χ1n) is 7.87. The minimum absolute atomic E-state index is 0.372. The molecule has 1 rings (SSSR count). The lowest BCUT2D eigenvalue weighted by Crippen LogP contribution is -2.35. The van der Waals surface area contributed by atoms with Crippen molar-refractivity contribution in [2.45, 2.75) is 63.5 Å². The van der Waals surface area contributed by atoms with Crippen LogP contribution in [0.25, 0.3) is 0 Å². The second-order valence-electron chi connectivity index (χ2n) is 5.37. The number of hydrogen-bond donors (Lipinski definition) is 1. The highest BCUT2D eigenvalue weighted by atomic mass is 32.2. The first-order chi connectivity index (χ1) is 9.27. The fourth-order valence-electron chi connectivity index (χ4n) is 2.63. The number of thioether (sulfide) groups is 1. The van der Waals surface area contributed by atoms with Crippen molar-refractivity contribution in [2.24, 2.45) is 5.73 Å². The molecule has 1 fully saturated rings. The van der Waals surface area contributed by atoms with Crippen molar-refractivity contribution in [3.63, 3.8) is 0 Å². The number of rotatable bonds is 8. The maximum absolute atomic E-state index is 12.2. The van der Waals surface area contributed by atoms with Crippen LogP contribution < -0.4 is 5.73 Å². The Hall–Kier alpha value is -0.220. The molecule has 1 atom stereocenters. The molecule has 1 heterocycles. The van der Waals surface area contributed by atoms with Gasteiger partial charge < -0.3 is 10.6 Å². The smallest absolute Gasteiger partial charge is 0.222 e. The molecule has 1 aliphatic heterocycles. The lowest BCUT2D eigenvalue weighted by atomic mass is 10.1. The summed E-state index contributed by atoms with van der Waals surface area (Å²) in [6.07, 6.45) is 8.89. The van der Waals surface area contributed by atoms with E-state index in [0.717, 1.165) is 57.5 Å². The predicted molar refractivity (Wildman–Crippen MR) is 84.5 cm³/mol. The van der Waals surface area contributed by atoms with E-state index in [2.05, 4.69) is 11.8 Å². The Morgan fingerprint density at radius 3 is 2.79 bits per heavy atom. The largest absolute Gasteiger partial charge is 0.342 e. The maximum atomic E-state index is 12.2. The molecule has 0 aromatic carbocycles. The third-order valence-corrected chi connectivity index (χ3v) is 4.92. The fourth-order valence-corrected chi connectivity index (χ4v) is 3.72. The standard InChI is InChI=1S/C15H30N2OS/c1-2-19-14-9-6-8-12-17(13-14)15(18)10-5-3-4-7-11-16/h14H,2-13,16H2,1H3. The zero-order valence-electron chi connectivity index (χ0n) is 12.4. The first-order valence-corrected chi connectivity index (χ1v) is 8.92. The molecule has 0 aromatic heterocycles. The Balaban J connectivity index is 2.25. The van der Waals surface area contributed by atoms with Crippen LogP contribution in [0.4, 0.5) is 0 Å². The highest BCUT2D eigenvalue weighted by molar-refractivity contribution is 7.99. The van der Waals surface area contributed by atoms with Gasteiger partial charge in [-0.25, -0.2) is 0 Å². The van der Waals surface area contributed by atoms with Gasteiger partial charge in [0.25, 0.3) is 0 Å². The third-order valence-electron chi connectivity index (χ3n) is 3.73. The average Bonchev–Trinajstić information content (AvgIpc) is 2.64. The number of carbonyl (C=O) groups excluding carboxylic acids is 1. The van der Waals surface area contributed by atoms with Gasteiger partial charge in [-0.3, -0.25) is 4.79 Å². The van der Waals surface area contributed by atoms with Crippen molar-refractivity contribution in [2.75, 3.05) is 25.4 Å². The third kappa shape index (κ3) is 7.21. The summed E-state index contributed by atoms with van der Waals surface area (Å²) in [6, 6.07) is 0. The molecule has 3 nitrogen and oxygen atoms in total. The summed E-state index contributed by atoms with van der Waals surface area (Å²) in [7, 11) is 0. The molecule has 0 aliphatic carbocycles. The van der Waals surface area contributed by atoms with Crippen molar-refractivity contribution in [3.8, 4) is 0 Å². The van der Waals surface area contributed by atoms with Gasteiger partial charge in [0.1, 0.15) is 0 Å². The lowest BCUT2D eigenvalue weighted by molar-refractivity contribution is -0.131. The molecule has 0 radical (unpaired) electrons. The Bertz CT molecular complexity index is 248. The molecule has 112 valence electrons. The van der Waals surface area contributed by atoms with E-state index >= 15 is 0 Å². The van der Waals surface area contributed by atoms with Crippen LogP contribution in [0, 0.1) is 0 Å². The Labute approximate surface area is 122 Å². The van der Waals surface area contributed by atoms with Gasteiger partial charge >= 0.3 is 0 Å². The topological polar surface area (TPSA) is 46.3 Å². The molecular formula is C15H30N2OS. The maximum Gasteiger partial charge on any atom is 0.222 e. The van der Waals surface area contributed by atoms with Gasteiger partial charge in [-0.05, 0) is 38.0 Å². The Kier molecular flexibility index (Phi) is 9.35. The highest BCUT2D eigenvalue weighted by Crippen LogP contribution is 2.22. The molecule has 19 heavy (non-hydrogen) atoms. The van der Waals surface area contributed by atoms with E-state index in [1.807, 2.05) is 11.8 Å². The van der Waals surface area contributed by atoms with Gasteiger partial charge in [-0.1, -0.05) is 26.2 Å². The van der Waals surface area contributed by atoms with Crippen LogP contribution >= 0.6 is 11.8 Å². The van der Waals surface area contributed by atoms with Crippen molar-refractivity contribution < 1.29 is 4.79 Å². The van der Waals surface area contributed by atoms with E-state index in [1.165, 1.54) is 19.3 Å². The SMILES string of the molecule is CCSC1CCCCN(C(=O)CCCCCCN)C1. The normalized spacial score (nSPS) is 20.3. The van der Waals surface area contributed by atoms with E-state index in [0.29, 0.717) is 11.2 Å². The summed E-state index contributed by atoms with van der Waals surface area (Å²) in [4.78, 5) is 14.3. The predicted octanol–water partition coefficient (Wildman–Crippen LogP) is 3.03. The fraction of sp³-hybridized carbons (Fsp3) is 0.933. The van der Waals surface area contributed by atoms with Crippen molar-refractivity contribution in [3.05, 3.63) is 0 Å². The Morgan fingerprint density at radius 1 is 1.26 bits per heavy atom. The second kappa shape index (κ2) is 10.6. The van der Waals surface area contributed by atoms with Gasteiger partial charge in [0.15, 0.2) is 0 Å². The van der Waals surface area contributed by atoms with E-state index in [4.69, 9.17) is 5.73 Å². The van der Waals surface area contributed by atoms with E-state index in [-0.39, 0.29) is 0 Å². The molecule has 0 bridgehead atoms. The van der Waals surface area contributed by atoms with Crippen LogP contribution in [0.3, 0.4) is 0 Å². The zero-order chi connectivity index (χ0) is 13.9. The molecule has 4 heteroatoms. The van der Waals surface area contributed by atoms with Crippen LogP contribution in [0.5, 0.6) is 0 Å². The van der Waals surface area contributed by atoms with Crippen molar-refractivity contribution >= 4 is 17.7 Å². The number of nitrogens with two attached hydrogens (primary N) is 1. The summed E-state index contributed by atoms with van der Waals surface area (Å²) >= 11 is 2.01. The Morgan fingerprint density at radius 2 is 2.05 bits per heavy atom. The minimum Gasteiger partial charge on any atom is -0.342 e. The number of unbranched alkanes of at least 4 members (excludes halogenated alkanes) is 3. The first kappa shape index (κ1) is 16.8. The van der Waals surface area contributed by atoms with E-state index in [1.54, 1.807) is 0 Å². The van der Waals surface area contributed by atoms with Crippen molar-refractivity contribution in [1.29, 1.82) is 0 Å². The molecule has 0 saturated carbocycles. The summed E-state index contributed by atoms with van der Waals surface area (Å²) in [5, 5.41) is 0.661. The van der Waals surface area contributed by atoms with E-state index in [9.17, 15) is 4.79 Å². The summed E-state index contributed by atoms with van der Waals surface area (Å²) < 4.78 is 0. The second-order valence-corrected chi connectivity index (χ2v) is 6.94. The number of likely N-dealkylation sites (tertiary alicyclic amines) is 1. The van der Waals surface area contributed by atoms with Crippen LogP contribution in [-0.2, 0) is 4.79 Å². The minimum atomic E-state index is 0.372. The van der Waals surface area contributed by atoms with Crippen LogP contribution in [-0.4, -0.2) is 41.4 Å². The quantitative estimate of drug-likeness (QED) is 0.698. The van der Waals surface area contributed by atoms with Gasteiger partial charge in [0.05, 0.1) is 0 Å². The number of hydrogen-bond acceptors (Lipinski definition) is 3. The summed E-state index contributed by atoms with van der Waals surface area (Å²) in [5.74, 6) is 1.53. The van der Waals surface area contributed by atoms with Crippen LogP contribution in [0.1, 0.15) is 58.3 Å². The number of carbonyl (C=O) groups is 1. The average molecular weight is 286 g/mol. The highest BCUT2D eigenvalue weighted by Gasteiger charge is 2.21. The molecule has 1 amide bonds.